The summed E-state index contributed by atoms with van der Waals surface area (Å²) in [5.74, 6) is -0.0351. The molecule has 0 bridgehead atoms. The minimum Gasteiger partial charge on any atom is -0.374 e. The summed E-state index contributed by atoms with van der Waals surface area (Å²) in [5.41, 5.74) is 2.81. The second-order valence-corrected chi connectivity index (χ2v) is 7.69. The van der Waals surface area contributed by atoms with Gasteiger partial charge in [-0.1, -0.05) is 60.1 Å². The molecular formula is C22H23ClN2O2S. The van der Waals surface area contributed by atoms with Crippen LogP contribution in [0.25, 0.3) is 10.6 Å². The molecule has 1 heterocycles. The van der Waals surface area contributed by atoms with Crippen LogP contribution in [-0.4, -0.2) is 24.0 Å². The number of hydrogen-bond donors (Lipinski definition) is 1. The van der Waals surface area contributed by atoms with Crippen molar-refractivity contribution < 1.29 is 9.53 Å². The van der Waals surface area contributed by atoms with E-state index in [0.29, 0.717) is 18.2 Å². The molecule has 0 saturated carbocycles. The largest absolute Gasteiger partial charge is 0.374 e. The van der Waals surface area contributed by atoms with Crippen LogP contribution in [0.1, 0.15) is 30.7 Å². The van der Waals surface area contributed by atoms with Gasteiger partial charge in [-0.3, -0.25) is 4.79 Å². The first-order valence-electron chi connectivity index (χ1n) is 9.26. The number of benzene rings is 2. The lowest BCUT2D eigenvalue weighted by Crippen LogP contribution is -2.27. The molecular weight excluding hydrogens is 392 g/mol. The molecule has 1 unspecified atom stereocenters. The molecule has 6 heteroatoms. The average molecular weight is 415 g/mol. The Labute approximate surface area is 174 Å². The second-order valence-electron chi connectivity index (χ2n) is 6.43. The zero-order chi connectivity index (χ0) is 19.8. The van der Waals surface area contributed by atoms with Crippen molar-refractivity contribution in [1.82, 2.24) is 10.3 Å². The monoisotopic (exact) mass is 414 g/mol. The molecule has 0 aliphatic rings. The van der Waals surface area contributed by atoms with Crippen LogP contribution < -0.4 is 5.32 Å². The lowest BCUT2D eigenvalue weighted by molar-refractivity contribution is -0.120. The van der Waals surface area contributed by atoms with Crippen LogP contribution in [0.3, 0.4) is 0 Å². The van der Waals surface area contributed by atoms with Crippen molar-refractivity contribution in [3.8, 4) is 10.6 Å². The predicted octanol–water partition coefficient (Wildman–Crippen LogP) is 5.29. The van der Waals surface area contributed by atoms with Crippen LogP contribution >= 0.6 is 22.9 Å². The Morgan fingerprint density at radius 1 is 1.18 bits per heavy atom. The van der Waals surface area contributed by atoms with E-state index in [9.17, 15) is 4.79 Å². The van der Waals surface area contributed by atoms with Gasteiger partial charge in [0.2, 0.25) is 5.91 Å². The SMILES string of the molecule is CC(OCCCNC(=O)Cc1csc(-c2ccccc2Cl)n1)c1ccccc1. The first-order chi connectivity index (χ1) is 13.6. The number of aromatic nitrogens is 1. The van der Waals surface area contributed by atoms with Gasteiger partial charge >= 0.3 is 0 Å². The van der Waals surface area contributed by atoms with Crippen molar-refractivity contribution in [2.45, 2.75) is 25.9 Å². The standard InChI is InChI=1S/C22H23ClN2O2S/c1-16(17-8-3-2-4-9-17)27-13-7-12-24-21(26)14-18-15-28-22(25-18)19-10-5-6-11-20(19)23/h2-6,8-11,15-16H,7,12-14H2,1H3,(H,24,26). The number of thiazole rings is 1. The molecule has 0 fully saturated rings. The lowest BCUT2D eigenvalue weighted by atomic mass is 10.1. The number of carbonyl (C=O) groups excluding carboxylic acids is 1. The minimum absolute atomic E-state index is 0.0351. The summed E-state index contributed by atoms with van der Waals surface area (Å²) in [7, 11) is 0. The number of ether oxygens (including phenoxy) is 1. The maximum atomic E-state index is 12.1. The fourth-order valence-electron chi connectivity index (χ4n) is 2.75. The Morgan fingerprint density at radius 3 is 2.71 bits per heavy atom. The molecule has 2 aromatic carbocycles. The van der Waals surface area contributed by atoms with Crippen molar-refractivity contribution in [3.63, 3.8) is 0 Å². The Bertz CT molecular complexity index is 898. The van der Waals surface area contributed by atoms with Gasteiger partial charge in [0.1, 0.15) is 5.01 Å². The van der Waals surface area contributed by atoms with Crippen LogP contribution in [0.15, 0.2) is 60.0 Å². The van der Waals surface area contributed by atoms with E-state index < -0.39 is 0 Å². The van der Waals surface area contributed by atoms with Gasteiger partial charge < -0.3 is 10.1 Å². The van der Waals surface area contributed by atoms with E-state index in [0.717, 1.165) is 28.2 Å². The average Bonchev–Trinajstić information content (AvgIpc) is 3.16. The maximum Gasteiger partial charge on any atom is 0.226 e. The van der Waals surface area contributed by atoms with Gasteiger partial charge in [-0.05, 0) is 25.0 Å². The van der Waals surface area contributed by atoms with E-state index in [1.807, 2.05) is 54.8 Å². The highest BCUT2D eigenvalue weighted by molar-refractivity contribution is 7.13. The number of halogens is 1. The summed E-state index contributed by atoms with van der Waals surface area (Å²) in [6.45, 7) is 3.22. The highest BCUT2D eigenvalue weighted by Gasteiger charge is 2.11. The van der Waals surface area contributed by atoms with Gasteiger partial charge in [0.05, 0.1) is 23.2 Å². The van der Waals surface area contributed by atoms with E-state index in [2.05, 4.69) is 22.4 Å². The van der Waals surface area contributed by atoms with Crippen LogP contribution in [0.4, 0.5) is 0 Å². The van der Waals surface area contributed by atoms with Gasteiger partial charge in [-0.2, -0.15) is 0 Å². The molecule has 4 nitrogen and oxygen atoms in total. The van der Waals surface area contributed by atoms with E-state index in [-0.39, 0.29) is 18.4 Å². The van der Waals surface area contributed by atoms with E-state index >= 15 is 0 Å². The topological polar surface area (TPSA) is 51.2 Å². The normalized spacial score (nSPS) is 11.9. The third-order valence-electron chi connectivity index (χ3n) is 4.28. The zero-order valence-electron chi connectivity index (χ0n) is 15.7. The Hall–Kier alpha value is -2.21. The fourth-order valence-corrected chi connectivity index (χ4v) is 3.89. The molecule has 0 aliphatic carbocycles. The van der Waals surface area contributed by atoms with E-state index in [4.69, 9.17) is 16.3 Å². The molecule has 0 spiro atoms. The molecule has 28 heavy (non-hydrogen) atoms. The number of amides is 1. The molecule has 1 atom stereocenters. The van der Waals surface area contributed by atoms with Crippen molar-refractivity contribution >= 4 is 28.8 Å². The van der Waals surface area contributed by atoms with Crippen molar-refractivity contribution in [2.75, 3.05) is 13.2 Å². The summed E-state index contributed by atoms with van der Waals surface area (Å²) in [4.78, 5) is 16.7. The molecule has 0 radical (unpaired) electrons. The van der Waals surface area contributed by atoms with Crippen molar-refractivity contribution in [1.29, 1.82) is 0 Å². The van der Waals surface area contributed by atoms with Gasteiger partial charge in [0, 0.05) is 24.1 Å². The first kappa shape index (κ1) is 20.5. The predicted molar refractivity (Wildman–Crippen MR) is 115 cm³/mol. The summed E-state index contributed by atoms with van der Waals surface area (Å²) < 4.78 is 5.82. The van der Waals surface area contributed by atoms with Gasteiger partial charge in [0.25, 0.3) is 0 Å². The van der Waals surface area contributed by atoms with Crippen LogP contribution in [0.5, 0.6) is 0 Å². The van der Waals surface area contributed by atoms with Crippen LogP contribution in [-0.2, 0) is 16.0 Å². The zero-order valence-corrected chi connectivity index (χ0v) is 17.3. The number of nitrogens with zero attached hydrogens (tertiary/aromatic N) is 1. The molecule has 146 valence electrons. The maximum absolute atomic E-state index is 12.1. The number of hydrogen-bond acceptors (Lipinski definition) is 4. The Morgan fingerprint density at radius 2 is 1.93 bits per heavy atom. The van der Waals surface area contributed by atoms with E-state index in [1.165, 1.54) is 11.3 Å². The molecule has 1 amide bonds. The van der Waals surface area contributed by atoms with Crippen LogP contribution in [0, 0.1) is 0 Å². The number of rotatable bonds is 9. The second kappa shape index (κ2) is 10.4. The molecule has 3 aromatic rings. The fraction of sp³-hybridized carbons (Fsp3) is 0.273. The van der Waals surface area contributed by atoms with Crippen LogP contribution in [0.2, 0.25) is 5.02 Å². The van der Waals surface area contributed by atoms with Crippen molar-refractivity contribution in [2.24, 2.45) is 0 Å². The van der Waals surface area contributed by atoms with Gasteiger partial charge in [-0.15, -0.1) is 11.3 Å². The molecule has 0 saturated heterocycles. The van der Waals surface area contributed by atoms with Crippen molar-refractivity contribution in [3.05, 3.63) is 76.3 Å². The minimum atomic E-state index is -0.0351. The molecule has 3 rings (SSSR count). The van der Waals surface area contributed by atoms with Gasteiger partial charge in [0.15, 0.2) is 0 Å². The first-order valence-corrected chi connectivity index (χ1v) is 10.5. The summed E-state index contributed by atoms with van der Waals surface area (Å²) in [6.07, 6.45) is 1.09. The number of carbonyl (C=O) groups is 1. The summed E-state index contributed by atoms with van der Waals surface area (Å²) >= 11 is 7.71. The Kier molecular flexibility index (Phi) is 7.60. The third-order valence-corrected chi connectivity index (χ3v) is 5.53. The summed E-state index contributed by atoms with van der Waals surface area (Å²) in [6, 6.07) is 17.7. The lowest BCUT2D eigenvalue weighted by Gasteiger charge is -2.13. The van der Waals surface area contributed by atoms with E-state index in [1.54, 1.807) is 0 Å². The quantitative estimate of drug-likeness (QED) is 0.484. The third kappa shape index (κ3) is 5.89. The smallest absolute Gasteiger partial charge is 0.226 e. The highest BCUT2D eigenvalue weighted by Crippen LogP contribution is 2.30. The summed E-state index contributed by atoms with van der Waals surface area (Å²) in [5, 5.41) is 6.33. The molecule has 0 aliphatic heterocycles. The molecule has 1 N–H and O–H groups in total. The van der Waals surface area contributed by atoms with Gasteiger partial charge in [-0.25, -0.2) is 4.98 Å². The molecule has 1 aromatic heterocycles. The highest BCUT2D eigenvalue weighted by atomic mass is 35.5. The number of nitrogens with one attached hydrogen (secondary N) is 1. The Balaban J connectivity index is 1.38.